The molecule has 102 valence electrons. The third kappa shape index (κ3) is 4.91. The lowest BCUT2D eigenvalue weighted by molar-refractivity contribution is 0.0247. The van der Waals surface area contributed by atoms with E-state index in [4.69, 9.17) is 9.84 Å². The van der Waals surface area contributed by atoms with Gasteiger partial charge in [0.2, 0.25) is 0 Å². The number of phenols is 2. The fourth-order valence-electron chi connectivity index (χ4n) is 1.58. The van der Waals surface area contributed by atoms with Gasteiger partial charge >= 0.3 is 0 Å². The molecule has 1 unspecified atom stereocenters. The maximum atomic E-state index is 9.99. The molecule has 0 radical (unpaired) electrons. The molecule has 1 aromatic rings. The van der Waals surface area contributed by atoms with Crippen molar-refractivity contribution in [2.75, 3.05) is 20.3 Å². The van der Waals surface area contributed by atoms with E-state index in [-0.39, 0.29) is 11.5 Å². The van der Waals surface area contributed by atoms with Crippen molar-refractivity contribution >= 4 is 0 Å². The van der Waals surface area contributed by atoms with Gasteiger partial charge in [-0.2, -0.15) is 0 Å². The van der Waals surface area contributed by atoms with Gasteiger partial charge in [0.25, 0.3) is 0 Å². The molecule has 0 saturated heterocycles. The largest absolute Gasteiger partial charge is 0.508 e. The molecule has 5 nitrogen and oxygen atoms in total. The third-order valence-electron chi connectivity index (χ3n) is 2.73. The molecule has 0 aliphatic rings. The smallest absolute Gasteiger partial charge is 0.123 e. The van der Waals surface area contributed by atoms with Crippen LogP contribution in [-0.2, 0) is 11.3 Å². The van der Waals surface area contributed by atoms with Crippen molar-refractivity contribution in [3.8, 4) is 11.5 Å². The van der Waals surface area contributed by atoms with Crippen LogP contribution >= 0.6 is 0 Å². The van der Waals surface area contributed by atoms with Crippen molar-refractivity contribution in [3.63, 3.8) is 0 Å². The summed E-state index contributed by atoms with van der Waals surface area (Å²) in [4.78, 5) is 0. The molecule has 1 rings (SSSR count). The number of ether oxygens (including phenoxy) is 1. The van der Waals surface area contributed by atoms with E-state index >= 15 is 0 Å². The van der Waals surface area contributed by atoms with Crippen LogP contribution in [0.4, 0.5) is 0 Å². The Morgan fingerprint density at radius 3 is 2.67 bits per heavy atom. The van der Waals surface area contributed by atoms with Crippen molar-refractivity contribution in [2.24, 2.45) is 0 Å². The first-order chi connectivity index (χ1) is 8.44. The number of aliphatic hydroxyl groups is 1. The number of benzene rings is 1. The number of hydrogen-bond donors (Lipinski definition) is 4. The molecule has 0 spiro atoms. The van der Waals surface area contributed by atoms with Crippen LogP contribution in [0.25, 0.3) is 0 Å². The summed E-state index contributed by atoms with van der Waals surface area (Å²) in [5, 5.41) is 31.8. The predicted octanol–water partition coefficient (Wildman–Crippen LogP) is 0.975. The summed E-state index contributed by atoms with van der Waals surface area (Å²) in [6.45, 7) is 3.06. The molecule has 4 N–H and O–H groups in total. The highest BCUT2D eigenvalue weighted by Gasteiger charge is 2.19. The Bertz CT molecular complexity index is 379. The van der Waals surface area contributed by atoms with Gasteiger partial charge in [-0.1, -0.05) is 6.07 Å². The SMILES string of the molecule is COCCC(C)(O)CNCc1ccc(O)cc1O. The van der Waals surface area contributed by atoms with Gasteiger partial charge in [-0.15, -0.1) is 0 Å². The fraction of sp³-hybridized carbons (Fsp3) is 0.538. The molecule has 0 aliphatic heterocycles. The molecule has 0 heterocycles. The maximum Gasteiger partial charge on any atom is 0.123 e. The van der Waals surface area contributed by atoms with E-state index < -0.39 is 5.60 Å². The van der Waals surface area contributed by atoms with Gasteiger partial charge in [-0.05, 0) is 13.0 Å². The van der Waals surface area contributed by atoms with E-state index in [0.29, 0.717) is 31.7 Å². The molecule has 0 fully saturated rings. The first kappa shape index (κ1) is 14.8. The van der Waals surface area contributed by atoms with Crippen LogP contribution in [-0.4, -0.2) is 41.2 Å². The first-order valence-electron chi connectivity index (χ1n) is 5.87. The number of hydrogen-bond acceptors (Lipinski definition) is 5. The Kier molecular flexibility index (Phi) is 5.40. The normalized spacial score (nSPS) is 14.4. The summed E-state index contributed by atoms with van der Waals surface area (Å²) in [6.07, 6.45) is 0.540. The quantitative estimate of drug-likeness (QED) is 0.584. The third-order valence-corrected chi connectivity index (χ3v) is 2.73. The van der Waals surface area contributed by atoms with Crippen molar-refractivity contribution < 1.29 is 20.1 Å². The molecule has 0 amide bonds. The Morgan fingerprint density at radius 2 is 2.06 bits per heavy atom. The van der Waals surface area contributed by atoms with Crippen LogP contribution in [0.3, 0.4) is 0 Å². The van der Waals surface area contributed by atoms with Crippen LogP contribution in [0, 0.1) is 0 Å². The van der Waals surface area contributed by atoms with Crippen LogP contribution in [0.5, 0.6) is 11.5 Å². The number of rotatable bonds is 7. The zero-order valence-electron chi connectivity index (χ0n) is 10.8. The summed E-state index contributed by atoms with van der Waals surface area (Å²) in [5.74, 6) is 0.0716. The van der Waals surface area contributed by atoms with Crippen LogP contribution < -0.4 is 5.32 Å². The maximum absolute atomic E-state index is 9.99. The molecule has 5 heteroatoms. The number of phenolic OH excluding ortho intramolecular Hbond substituents is 2. The average Bonchev–Trinajstić information content (AvgIpc) is 2.29. The van der Waals surface area contributed by atoms with E-state index in [1.807, 2.05) is 0 Å². The van der Waals surface area contributed by atoms with Gasteiger partial charge in [0.15, 0.2) is 0 Å². The van der Waals surface area contributed by atoms with Crippen LogP contribution in [0.2, 0.25) is 0 Å². The fourth-order valence-corrected chi connectivity index (χ4v) is 1.58. The highest BCUT2D eigenvalue weighted by molar-refractivity contribution is 5.38. The van der Waals surface area contributed by atoms with E-state index in [0.717, 1.165) is 0 Å². The Morgan fingerprint density at radius 1 is 1.33 bits per heavy atom. The monoisotopic (exact) mass is 255 g/mol. The van der Waals surface area contributed by atoms with E-state index in [1.165, 1.54) is 12.1 Å². The lowest BCUT2D eigenvalue weighted by Gasteiger charge is -2.23. The molecular formula is C13H21NO4. The molecule has 0 aliphatic carbocycles. The summed E-state index contributed by atoms with van der Waals surface area (Å²) in [5.41, 5.74) is -0.168. The second-order valence-corrected chi connectivity index (χ2v) is 4.66. The number of aromatic hydroxyl groups is 2. The van der Waals surface area contributed by atoms with Crippen molar-refractivity contribution in [3.05, 3.63) is 23.8 Å². The Balaban J connectivity index is 2.41. The summed E-state index contributed by atoms with van der Waals surface area (Å²) in [7, 11) is 1.60. The molecular weight excluding hydrogens is 234 g/mol. The standard InChI is InChI=1S/C13H21NO4/c1-13(17,5-6-18-2)9-14-8-10-3-4-11(15)7-12(10)16/h3-4,7,14-17H,5-6,8-9H2,1-2H3. The van der Waals surface area contributed by atoms with Gasteiger partial charge < -0.3 is 25.4 Å². The molecule has 0 saturated carbocycles. The second kappa shape index (κ2) is 6.58. The summed E-state index contributed by atoms with van der Waals surface area (Å²) < 4.78 is 4.92. The topological polar surface area (TPSA) is 82.0 Å². The minimum Gasteiger partial charge on any atom is -0.508 e. The Labute approximate surface area is 107 Å². The Hall–Kier alpha value is -1.30. The summed E-state index contributed by atoms with van der Waals surface area (Å²) in [6, 6.07) is 4.45. The van der Waals surface area contributed by atoms with Gasteiger partial charge in [0.05, 0.1) is 5.60 Å². The minimum absolute atomic E-state index is 0.0309. The van der Waals surface area contributed by atoms with E-state index in [1.54, 1.807) is 20.1 Å². The lowest BCUT2D eigenvalue weighted by atomic mass is 10.0. The van der Waals surface area contributed by atoms with Crippen molar-refractivity contribution in [1.29, 1.82) is 0 Å². The van der Waals surface area contributed by atoms with Crippen molar-refractivity contribution in [1.82, 2.24) is 5.32 Å². The number of methoxy groups -OCH3 is 1. The van der Waals surface area contributed by atoms with E-state index in [9.17, 15) is 10.2 Å². The zero-order valence-corrected chi connectivity index (χ0v) is 10.8. The molecule has 0 bridgehead atoms. The van der Waals surface area contributed by atoms with Gasteiger partial charge in [-0.3, -0.25) is 0 Å². The zero-order chi connectivity index (χ0) is 13.6. The molecule has 18 heavy (non-hydrogen) atoms. The molecule has 1 atom stereocenters. The van der Waals surface area contributed by atoms with Crippen LogP contribution in [0.15, 0.2) is 18.2 Å². The highest BCUT2D eigenvalue weighted by atomic mass is 16.5. The van der Waals surface area contributed by atoms with Gasteiger partial charge in [0, 0.05) is 44.9 Å². The van der Waals surface area contributed by atoms with Gasteiger partial charge in [-0.25, -0.2) is 0 Å². The van der Waals surface area contributed by atoms with Crippen LogP contribution in [0.1, 0.15) is 18.9 Å². The minimum atomic E-state index is -0.845. The first-order valence-corrected chi connectivity index (χ1v) is 5.87. The van der Waals surface area contributed by atoms with Gasteiger partial charge in [0.1, 0.15) is 11.5 Å². The average molecular weight is 255 g/mol. The molecule has 1 aromatic carbocycles. The molecule has 0 aromatic heterocycles. The second-order valence-electron chi connectivity index (χ2n) is 4.66. The van der Waals surface area contributed by atoms with E-state index in [2.05, 4.69) is 5.32 Å². The highest BCUT2D eigenvalue weighted by Crippen LogP contribution is 2.22. The van der Waals surface area contributed by atoms with Crippen molar-refractivity contribution in [2.45, 2.75) is 25.5 Å². The predicted molar refractivity (Wildman–Crippen MR) is 68.6 cm³/mol. The lowest BCUT2D eigenvalue weighted by Crippen LogP contribution is -2.38. The number of nitrogens with one attached hydrogen (secondary N) is 1. The summed E-state index contributed by atoms with van der Waals surface area (Å²) >= 11 is 0.